The first-order valence-corrected chi connectivity index (χ1v) is 9.40. The van der Waals surface area contributed by atoms with E-state index in [9.17, 15) is 14.7 Å². The molecule has 1 saturated heterocycles. The number of piperidine rings is 1. The maximum Gasteiger partial charge on any atom is 0.326 e. The van der Waals surface area contributed by atoms with Crippen LogP contribution < -0.4 is 0 Å². The first-order chi connectivity index (χ1) is 13.6. The van der Waals surface area contributed by atoms with Gasteiger partial charge in [0.15, 0.2) is 5.69 Å². The number of likely N-dealkylation sites (tertiary alicyclic amines) is 1. The van der Waals surface area contributed by atoms with Crippen molar-refractivity contribution >= 4 is 11.9 Å². The van der Waals surface area contributed by atoms with Gasteiger partial charge in [-0.1, -0.05) is 48.5 Å². The molecule has 4 rings (SSSR count). The van der Waals surface area contributed by atoms with Crippen LogP contribution in [0, 0.1) is 0 Å². The Morgan fingerprint density at radius 2 is 1.64 bits per heavy atom. The van der Waals surface area contributed by atoms with E-state index in [-0.39, 0.29) is 11.6 Å². The van der Waals surface area contributed by atoms with E-state index in [0.717, 1.165) is 29.8 Å². The van der Waals surface area contributed by atoms with Crippen LogP contribution >= 0.6 is 0 Å². The lowest BCUT2D eigenvalue weighted by Crippen LogP contribution is -2.48. The molecule has 0 saturated carbocycles. The van der Waals surface area contributed by atoms with Gasteiger partial charge in [0, 0.05) is 12.1 Å². The Kier molecular flexibility index (Phi) is 4.93. The van der Waals surface area contributed by atoms with Crippen LogP contribution in [0.15, 0.2) is 66.7 Å². The second-order valence-electron chi connectivity index (χ2n) is 6.88. The van der Waals surface area contributed by atoms with Crippen molar-refractivity contribution < 1.29 is 14.7 Å². The van der Waals surface area contributed by atoms with Crippen molar-refractivity contribution in [3.05, 3.63) is 72.4 Å². The molecule has 1 atom stereocenters. The lowest BCUT2D eigenvalue weighted by molar-refractivity contribution is -0.143. The average Bonchev–Trinajstić information content (AvgIpc) is 3.20. The van der Waals surface area contributed by atoms with Crippen LogP contribution in [-0.4, -0.2) is 44.3 Å². The average molecular weight is 375 g/mol. The van der Waals surface area contributed by atoms with Gasteiger partial charge in [-0.3, -0.25) is 4.79 Å². The highest BCUT2D eigenvalue weighted by atomic mass is 16.4. The predicted octanol–water partition coefficient (Wildman–Crippen LogP) is 3.62. The second-order valence-corrected chi connectivity index (χ2v) is 6.88. The number of carbonyl (C=O) groups excluding carboxylic acids is 1. The molecule has 2 heterocycles. The molecule has 0 bridgehead atoms. The molecule has 1 aromatic heterocycles. The van der Waals surface area contributed by atoms with Crippen molar-refractivity contribution in [3.8, 4) is 16.9 Å². The summed E-state index contributed by atoms with van der Waals surface area (Å²) in [5, 5.41) is 14.1. The Morgan fingerprint density at radius 1 is 0.964 bits per heavy atom. The van der Waals surface area contributed by atoms with Gasteiger partial charge < -0.3 is 10.0 Å². The third-order valence-electron chi connectivity index (χ3n) is 5.05. The Labute approximate surface area is 163 Å². The van der Waals surface area contributed by atoms with E-state index >= 15 is 0 Å². The molecule has 0 radical (unpaired) electrons. The summed E-state index contributed by atoms with van der Waals surface area (Å²) in [4.78, 5) is 26.2. The lowest BCUT2D eigenvalue weighted by Gasteiger charge is -2.32. The molecule has 1 aliphatic heterocycles. The number of benzene rings is 2. The van der Waals surface area contributed by atoms with Gasteiger partial charge >= 0.3 is 5.97 Å². The number of carboxylic acids is 1. The van der Waals surface area contributed by atoms with Crippen LogP contribution in [0.4, 0.5) is 0 Å². The molecule has 1 amide bonds. The Balaban J connectivity index is 1.77. The summed E-state index contributed by atoms with van der Waals surface area (Å²) < 4.78 is 1.74. The summed E-state index contributed by atoms with van der Waals surface area (Å²) in [5.74, 6) is -1.29. The van der Waals surface area contributed by atoms with Gasteiger partial charge in [0.2, 0.25) is 0 Å². The van der Waals surface area contributed by atoms with Crippen LogP contribution in [0.3, 0.4) is 0 Å². The van der Waals surface area contributed by atoms with Gasteiger partial charge in [-0.25, -0.2) is 9.48 Å². The van der Waals surface area contributed by atoms with Crippen molar-refractivity contribution in [2.75, 3.05) is 6.54 Å². The molecule has 0 spiro atoms. The zero-order valence-electron chi connectivity index (χ0n) is 15.4. The molecule has 1 N–H and O–H groups in total. The summed E-state index contributed by atoms with van der Waals surface area (Å²) in [6.45, 7) is 0.439. The van der Waals surface area contributed by atoms with Crippen molar-refractivity contribution in [3.63, 3.8) is 0 Å². The number of nitrogens with zero attached hydrogens (tertiary/aromatic N) is 3. The number of para-hydroxylation sites is 1. The first kappa shape index (κ1) is 18.0. The molecule has 6 nitrogen and oxygen atoms in total. The lowest BCUT2D eigenvalue weighted by atomic mass is 10.0. The molecular weight excluding hydrogens is 354 g/mol. The molecule has 3 aromatic rings. The quantitative estimate of drug-likeness (QED) is 0.756. The van der Waals surface area contributed by atoms with Crippen molar-refractivity contribution in [2.45, 2.75) is 25.3 Å². The first-order valence-electron chi connectivity index (χ1n) is 9.40. The van der Waals surface area contributed by atoms with Crippen LogP contribution in [0.5, 0.6) is 0 Å². The number of carboxylic acid groups (broad SMARTS) is 1. The Morgan fingerprint density at radius 3 is 2.32 bits per heavy atom. The Hall–Kier alpha value is -3.41. The largest absolute Gasteiger partial charge is 0.480 e. The van der Waals surface area contributed by atoms with E-state index in [1.807, 2.05) is 60.7 Å². The number of hydrogen-bond donors (Lipinski definition) is 1. The molecule has 0 aliphatic carbocycles. The zero-order chi connectivity index (χ0) is 19.5. The third-order valence-corrected chi connectivity index (χ3v) is 5.05. The highest BCUT2D eigenvalue weighted by Gasteiger charge is 2.34. The van der Waals surface area contributed by atoms with Gasteiger partial charge in [-0.15, -0.1) is 0 Å². The minimum atomic E-state index is -0.959. The maximum absolute atomic E-state index is 13.1. The molecule has 28 heavy (non-hydrogen) atoms. The van der Waals surface area contributed by atoms with Gasteiger partial charge in [-0.2, -0.15) is 5.10 Å². The fourth-order valence-electron chi connectivity index (χ4n) is 3.64. The highest BCUT2D eigenvalue weighted by molar-refractivity contribution is 5.96. The van der Waals surface area contributed by atoms with E-state index in [1.165, 1.54) is 4.90 Å². The van der Waals surface area contributed by atoms with Crippen LogP contribution in [-0.2, 0) is 4.79 Å². The smallest absolute Gasteiger partial charge is 0.326 e. The topological polar surface area (TPSA) is 75.4 Å². The molecule has 6 heteroatoms. The van der Waals surface area contributed by atoms with Crippen LogP contribution in [0.2, 0.25) is 0 Å². The van der Waals surface area contributed by atoms with Crippen molar-refractivity contribution in [1.29, 1.82) is 0 Å². The minimum Gasteiger partial charge on any atom is -0.480 e. The summed E-state index contributed by atoms with van der Waals surface area (Å²) in [6, 6.07) is 20.3. The number of rotatable bonds is 4. The van der Waals surface area contributed by atoms with Gasteiger partial charge in [0.1, 0.15) is 6.04 Å². The number of aromatic nitrogens is 2. The monoisotopic (exact) mass is 375 g/mol. The molecule has 0 unspecified atom stereocenters. The van der Waals surface area contributed by atoms with Crippen LogP contribution in [0.25, 0.3) is 16.9 Å². The maximum atomic E-state index is 13.1. The summed E-state index contributed by atoms with van der Waals surface area (Å²) in [6.07, 6.45) is 2.10. The number of carbonyl (C=O) groups is 2. The van der Waals surface area contributed by atoms with E-state index in [2.05, 4.69) is 5.10 Å². The van der Waals surface area contributed by atoms with Gasteiger partial charge in [0.05, 0.1) is 11.4 Å². The summed E-state index contributed by atoms with van der Waals surface area (Å²) >= 11 is 0. The van der Waals surface area contributed by atoms with Crippen molar-refractivity contribution in [2.24, 2.45) is 0 Å². The fourth-order valence-corrected chi connectivity index (χ4v) is 3.64. The van der Waals surface area contributed by atoms with E-state index < -0.39 is 12.0 Å². The standard InChI is InChI=1S/C22H21N3O3/c26-21(24-14-8-7-13-19(24)22(27)28)18-15-20(16-9-3-1-4-10-16)25(23-18)17-11-5-2-6-12-17/h1-6,9-12,15,19H,7-8,13-14H2,(H,27,28)/t19-/m0/s1. The molecule has 1 fully saturated rings. The van der Waals surface area contributed by atoms with E-state index in [1.54, 1.807) is 10.7 Å². The normalized spacial score (nSPS) is 16.7. The van der Waals surface area contributed by atoms with Gasteiger partial charge in [0.25, 0.3) is 5.91 Å². The third kappa shape index (κ3) is 3.41. The van der Waals surface area contributed by atoms with E-state index in [4.69, 9.17) is 0 Å². The highest BCUT2D eigenvalue weighted by Crippen LogP contribution is 2.26. The molecule has 142 valence electrons. The molecular formula is C22H21N3O3. The van der Waals surface area contributed by atoms with Crippen LogP contribution in [0.1, 0.15) is 29.8 Å². The van der Waals surface area contributed by atoms with Gasteiger partial charge in [-0.05, 0) is 37.5 Å². The SMILES string of the molecule is O=C(O)[C@@H]1CCCCN1C(=O)c1cc(-c2ccccc2)n(-c2ccccc2)n1. The fraction of sp³-hybridized carbons (Fsp3) is 0.227. The van der Waals surface area contributed by atoms with Crippen molar-refractivity contribution in [1.82, 2.24) is 14.7 Å². The molecule has 1 aliphatic rings. The number of amides is 1. The number of aliphatic carboxylic acids is 1. The summed E-state index contributed by atoms with van der Waals surface area (Å²) in [7, 11) is 0. The van der Waals surface area contributed by atoms with E-state index in [0.29, 0.717) is 13.0 Å². The zero-order valence-corrected chi connectivity index (χ0v) is 15.4. The number of hydrogen-bond acceptors (Lipinski definition) is 3. The Bertz CT molecular complexity index is 926. The molecule has 2 aromatic carbocycles. The minimum absolute atomic E-state index is 0.260. The summed E-state index contributed by atoms with van der Waals surface area (Å²) in [5.41, 5.74) is 2.83. The second kappa shape index (κ2) is 7.68. The predicted molar refractivity (Wildman–Crippen MR) is 105 cm³/mol.